The molecular weight excluding hydrogens is 256 g/mol. The number of anilines is 1. The van der Waals surface area contributed by atoms with E-state index in [1.165, 1.54) is 11.3 Å². The highest BCUT2D eigenvalue weighted by atomic mass is 35.5. The van der Waals surface area contributed by atoms with Gasteiger partial charge in [0.1, 0.15) is 5.75 Å². The van der Waals surface area contributed by atoms with Crippen LogP contribution in [0.4, 0.5) is 5.13 Å². The standard InChI is InChI=1S/C12H13ClN2OS/c1-3-16-11-4-7(2)8(5-9(11)13)10-6-17-12(14)15-10/h4-6H,3H2,1-2H3,(H2,14,15). The number of nitrogens with two attached hydrogens (primary N) is 1. The smallest absolute Gasteiger partial charge is 0.180 e. The molecule has 3 nitrogen and oxygen atoms in total. The van der Waals surface area contributed by atoms with Crippen molar-refractivity contribution in [3.8, 4) is 17.0 Å². The third kappa shape index (κ3) is 2.53. The zero-order valence-corrected chi connectivity index (χ0v) is 11.2. The summed E-state index contributed by atoms with van der Waals surface area (Å²) in [6, 6.07) is 3.80. The summed E-state index contributed by atoms with van der Waals surface area (Å²) in [5.41, 5.74) is 8.55. The molecule has 17 heavy (non-hydrogen) atoms. The highest BCUT2D eigenvalue weighted by Crippen LogP contribution is 2.34. The predicted octanol–water partition coefficient (Wildman–Crippen LogP) is 3.75. The van der Waals surface area contributed by atoms with Gasteiger partial charge in [0.2, 0.25) is 0 Å². The largest absolute Gasteiger partial charge is 0.492 e. The number of hydrogen-bond donors (Lipinski definition) is 1. The van der Waals surface area contributed by atoms with Crippen molar-refractivity contribution in [2.24, 2.45) is 0 Å². The molecule has 0 bridgehead atoms. The van der Waals surface area contributed by atoms with Gasteiger partial charge in [0.25, 0.3) is 0 Å². The maximum atomic E-state index is 6.16. The zero-order chi connectivity index (χ0) is 12.4. The van der Waals surface area contributed by atoms with Crippen molar-refractivity contribution >= 4 is 28.1 Å². The van der Waals surface area contributed by atoms with Crippen molar-refractivity contribution in [2.75, 3.05) is 12.3 Å². The van der Waals surface area contributed by atoms with Crippen LogP contribution in [0.15, 0.2) is 17.5 Å². The number of benzene rings is 1. The second kappa shape index (κ2) is 4.94. The van der Waals surface area contributed by atoms with Crippen LogP contribution in [-0.4, -0.2) is 11.6 Å². The van der Waals surface area contributed by atoms with E-state index in [-0.39, 0.29) is 0 Å². The van der Waals surface area contributed by atoms with Gasteiger partial charge in [-0.25, -0.2) is 4.98 Å². The maximum Gasteiger partial charge on any atom is 0.180 e. The number of halogens is 1. The first kappa shape index (κ1) is 12.2. The van der Waals surface area contributed by atoms with Gasteiger partial charge in [0.05, 0.1) is 17.3 Å². The molecule has 1 aromatic carbocycles. The average molecular weight is 269 g/mol. The summed E-state index contributed by atoms with van der Waals surface area (Å²) < 4.78 is 5.44. The van der Waals surface area contributed by atoms with Crippen LogP contribution in [0.2, 0.25) is 5.02 Å². The molecule has 0 radical (unpaired) electrons. The zero-order valence-electron chi connectivity index (χ0n) is 9.66. The van der Waals surface area contributed by atoms with Crippen LogP contribution in [0.1, 0.15) is 12.5 Å². The molecule has 0 atom stereocenters. The fourth-order valence-corrected chi connectivity index (χ4v) is 2.39. The Morgan fingerprint density at radius 3 is 2.82 bits per heavy atom. The van der Waals surface area contributed by atoms with E-state index in [9.17, 15) is 0 Å². The highest BCUT2D eigenvalue weighted by molar-refractivity contribution is 7.13. The van der Waals surface area contributed by atoms with Gasteiger partial charge in [-0.2, -0.15) is 0 Å². The Labute approximate surface area is 109 Å². The molecule has 0 spiro atoms. The second-order valence-electron chi connectivity index (χ2n) is 3.60. The molecule has 5 heteroatoms. The quantitative estimate of drug-likeness (QED) is 0.922. The summed E-state index contributed by atoms with van der Waals surface area (Å²) in [6.45, 7) is 4.53. The molecule has 2 N–H and O–H groups in total. The Hall–Kier alpha value is -1.26. The van der Waals surface area contributed by atoms with E-state index < -0.39 is 0 Å². The number of ether oxygens (including phenoxy) is 1. The Balaban J connectivity index is 2.46. The lowest BCUT2D eigenvalue weighted by atomic mass is 10.1. The molecular formula is C12H13ClN2OS. The van der Waals surface area contributed by atoms with Crippen molar-refractivity contribution in [1.29, 1.82) is 0 Å². The van der Waals surface area contributed by atoms with Crippen LogP contribution in [0.5, 0.6) is 5.75 Å². The van der Waals surface area contributed by atoms with Gasteiger partial charge in [0.15, 0.2) is 5.13 Å². The average Bonchev–Trinajstić information content (AvgIpc) is 2.70. The Morgan fingerprint density at radius 1 is 1.47 bits per heavy atom. The van der Waals surface area contributed by atoms with Crippen molar-refractivity contribution in [1.82, 2.24) is 4.98 Å². The molecule has 0 unspecified atom stereocenters. The van der Waals surface area contributed by atoms with Crippen LogP contribution in [-0.2, 0) is 0 Å². The summed E-state index contributed by atoms with van der Waals surface area (Å²) in [4.78, 5) is 4.26. The molecule has 0 fully saturated rings. The number of aromatic nitrogens is 1. The highest BCUT2D eigenvalue weighted by Gasteiger charge is 2.10. The van der Waals surface area contributed by atoms with Crippen LogP contribution < -0.4 is 10.5 Å². The molecule has 0 amide bonds. The van der Waals surface area contributed by atoms with E-state index in [4.69, 9.17) is 22.1 Å². The minimum Gasteiger partial charge on any atom is -0.492 e. The van der Waals surface area contributed by atoms with E-state index in [1.54, 1.807) is 0 Å². The predicted molar refractivity (Wildman–Crippen MR) is 72.9 cm³/mol. The monoisotopic (exact) mass is 268 g/mol. The fraction of sp³-hybridized carbons (Fsp3) is 0.250. The molecule has 90 valence electrons. The van der Waals surface area contributed by atoms with Gasteiger partial charge < -0.3 is 10.5 Å². The summed E-state index contributed by atoms with van der Waals surface area (Å²) in [7, 11) is 0. The van der Waals surface area contributed by atoms with E-state index in [0.717, 1.165) is 16.8 Å². The van der Waals surface area contributed by atoms with Gasteiger partial charge in [-0.05, 0) is 31.5 Å². The number of aryl methyl sites for hydroxylation is 1. The first-order valence-electron chi connectivity index (χ1n) is 5.26. The number of nitrogen functional groups attached to an aromatic ring is 1. The Kier molecular flexibility index (Phi) is 3.54. The Morgan fingerprint density at radius 2 is 2.24 bits per heavy atom. The lowest BCUT2D eigenvalue weighted by molar-refractivity contribution is 0.340. The normalized spacial score (nSPS) is 10.5. The molecule has 2 rings (SSSR count). The van der Waals surface area contributed by atoms with Crippen LogP contribution in [0, 0.1) is 6.92 Å². The van der Waals surface area contributed by atoms with Gasteiger partial charge >= 0.3 is 0 Å². The second-order valence-corrected chi connectivity index (χ2v) is 4.90. The van der Waals surface area contributed by atoms with Crippen molar-refractivity contribution in [2.45, 2.75) is 13.8 Å². The fourth-order valence-electron chi connectivity index (χ4n) is 1.61. The number of hydrogen-bond acceptors (Lipinski definition) is 4. The minimum atomic E-state index is 0.560. The number of thiazole rings is 1. The third-order valence-corrected chi connectivity index (χ3v) is 3.35. The van der Waals surface area contributed by atoms with Gasteiger partial charge in [-0.3, -0.25) is 0 Å². The molecule has 0 aliphatic rings. The van der Waals surface area contributed by atoms with E-state index >= 15 is 0 Å². The topological polar surface area (TPSA) is 48.1 Å². The molecule has 0 aliphatic carbocycles. The molecule has 0 aliphatic heterocycles. The minimum absolute atomic E-state index is 0.560. The first-order valence-corrected chi connectivity index (χ1v) is 6.52. The van der Waals surface area contributed by atoms with E-state index in [1.807, 2.05) is 31.4 Å². The molecule has 2 aromatic rings. The summed E-state index contributed by atoms with van der Waals surface area (Å²) in [5, 5.41) is 3.08. The first-order chi connectivity index (χ1) is 8.11. The van der Waals surface area contributed by atoms with Crippen molar-refractivity contribution in [3.05, 3.63) is 28.1 Å². The van der Waals surface area contributed by atoms with E-state index in [0.29, 0.717) is 22.5 Å². The molecule has 1 aromatic heterocycles. The summed E-state index contributed by atoms with van der Waals surface area (Å²) in [6.07, 6.45) is 0. The Bertz CT molecular complexity index is 539. The van der Waals surface area contributed by atoms with Gasteiger partial charge in [-0.1, -0.05) is 11.6 Å². The number of nitrogens with zero attached hydrogens (tertiary/aromatic N) is 1. The SMILES string of the molecule is CCOc1cc(C)c(-c2csc(N)n2)cc1Cl. The molecule has 0 saturated carbocycles. The van der Waals surface area contributed by atoms with Crippen LogP contribution >= 0.6 is 22.9 Å². The summed E-state index contributed by atoms with van der Waals surface area (Å²) >= 11 is 7.58. The van der Waals surface area contributed by atoms with Gasteiger partial charge in [-0.15, -0.1) is 11.3 Å². The maximum absolute atomic E-state index is 6.16. The molecule has 1 heterocycles. The van der Waals surface area contributed by atoms with E-state index in [2.05, 4.69) is 4.98 Å². The summed E-state index contributed by atoms with van der Waals surface area (Å²) in [5.74, 6) is 0.707. The van der Waals surface area contributed by atoms with Crippen LogP contribution in [0.3, 0.4) is 0 Å². The number of rotatable bonds is 3. The van der Waals surface area contributed by atoms with Gasteiger partial charge in [0, 0.05) is 10.9 Å². The molecule has 0 saturated heterocycles. The van der Waals surface area contributed by atoms with Crippen molar-refractivity contribution in [3.63, 3.8) is 0 Å². The lowest BCUT2D eigenvalue weighted by Gasteiger charge is -2.09. The third-order valence-electron chi connectivity index (χ3n) is 2.38. The van der Waals surface area contributed by atoms with Crippen molar-refractivity contribution < 1.29 is 4.74 Å². The lowest BCUT2D eigenvalue weighted by Crippen LogP contribution is -1.94. The van der Waals surface area contributed by atoms with Crippen LogP contribution in [0.25, 0.3) is 11.3 Å².